The van der Waals surface area contributed by atoms with E-state index in [4.69, 9.17) is 4.74 Å². The highest BCUT2D eigenvalue weighted by atomic mass is 16.5. The zero-order valence-corrected chi connectivity index (χ0v) is 16.3. The lowest BCUT2D eigenvalue weighted by molar-refractivity contribution is -0.146. The summed E-state index contributed by atoms with van der Waals surface area (Å²) in [6.45, 7) is 2.29. The second-order valence-corrected chi connectivity index (χ2v) is 7.97. The number of aryl methyl sites for hydroxylation is 1. The Balaban J connectivity index is 1.43. The number of carbonyl (C=O) groups excluding carboxylic acids is 2. The van der Waals surface area contributed by atoms with Crippen molar-refractivity contribution in [1.82, 2.24) is 10.6 Å². The SMILES string of the molecule is COC(=O)C1CCC(NC(=O)c2ccc(CCC3CCNCC3)cc2)CC1. The summed E-state index contributed by atoms with van der Waals surface area (Å²) in [5, 5.41) is 6.53. The zero-order valence-electron chi connectivity index (χ0n) is 16.3. The number of hydrogen-bond acceptors (Lipinski definition) is 4. The molecule has 27 heavy (non-hydrogen) atoms. The Hall–Kier alpha value is -1.88. The summed E-state index contributed by atoms with van der Waals surface area (Å²) in [5.41, 5.74) is 2.03. The van der Waals surface area contributed by atoms with Gasteiger partial charge in [0.15, 0.2) is 0 Å². The molecule has 2 fully saturated rings. The maximum absolute atomic E-state index is 12.5. The van der Waals surface area contributed by atoms with E-state index in [9.17, 15) is 9.59 Å². The highest BCUT2D eigenvalue weighted by Crippen LogP contribution is 2.25. The Labute approximate surface area is 162 Å². The van der Waals surface area contributed by atoms with Crippen LogP contribution in [0.5, 0.6) is 0 Å². The fourth-order valence-corrected chi connectivity index (χ4v) is 4.27. The lowest BCUT2D eigenvalue weighted by Crippen LogP contribution is -2.38. The number of amides is 1. The van der Waals surface area contributed by atoms with Gasteiger partial charge in [0.05, 0.1) is 13.0 Å². The van der Waals surface area contributed by atoms with Gasteiger partial charge in [-0.2, -0.15) is 0 Å². The molecular formula is C22H32N2O3. The highest BCUT2D eigenvalue weighted by Gasteiger charge is 2.27. The molecule has 0 bridgehead atoms. The van der Waals surface area contributed by atoms with E-state index in [0.717, 1.165) is 56.7 Å². The number of piperidine rings is 1. The van der Waals surface area contributed by atoms with Crippen LogP contribution in [0.15, 0.2) is 24.3 Å². The number of benzene rings is 1. The van der Waals surface area contributed by atoms with Gasteiger partial charge >= 0.3 is 5.97 Å². The van der Waals surface area contributed by atoms with Gasteiger partial charge in [0.1, 0.15) is 0 Å². The average molecular weight is 373 g/mol. The molecule has 2 aliphatic rings. The van der Waals surface area contributed by atoms with Crippen LogP contribution in [0.25, 0.3) is 0 Å². The number of esters is 1. The summed E-state index contributed by atoms with van der Waals surface area (Å²) in [6.07, 6.45) is 8.11. The molecule has 1 aromatic carbocycles. The molecular weight excluding hydrogens is 340 g/mol. The van der Waals surface area contributed by atoms with E-state index >= 15 is 0 Å². The van der Waals surface area contributed by atoms with Crippen LogP contribution in [0.1, 0.15) is 60.9 Å². The third-order valence-corrected chi connectivity index (χ3v) is 6.11. The van der Waals surface area contributed by atoms with Crippen molar-refractivity contribution in [3.05, 3.63) is 35.4 Å². The number of carbonyl (C=O) groups is 2. The van der Waals surface area contributed by atoms with Crippen LogP contribution in [0.4, 0.5) is 0 Å². The molecule has 1 saturated heterocycles. The smallest absolute Gasteiger partial charge is 0.308 e. The maximum Gasteiger partial charge on any atom is 0.308 e. The predicted octanol–water partition coefficient (Wildman–Crippen LogP) is 3.08. The maximum atomic E-state index is 12.5. The lowest BCUT2D eigenvalue weighted by Gasteiger charge is -2.27. The molecule has 5 heteroatoms. The average Bonchev–Trinajstić information content (AvgIpc) is 2.73. The molecule has 1 amide bonds. The summed E-state index contributed by atoms with van der Waals surface area (Å²) < 4.78 is 4.82. The van der Waals surface area contributed by atoms with Crippen molar-refractivity contribution < 1.29 is 14.3 Å². The number of ether oxygens (including phenoxy) is 1. The molecule has 1 aliphatic heterocycles. The van der Waals surface area contributed by atoms with Crippen molar-refractivity contribution >= 4 is 11.9 Å². The Morgan fingerprint density at radius 2 is 1.70 bits per heavy atom. The van der Waals surface area contributed by atoms with Crippen molar-refractivity contribution in [3.63, 3.8) is 0 Å². The van der Waals surface area contributed by atoms with Gasteiger partial charge in [0.2, 0.25) is 0 Å². The molecule has 0 radical (unpaired) electrons. The summed E-state index contributed by atoms with van der Waals surface area (Å²) in [5.74, 6) is 0.679. The van der Waals surface area contributed by atoms with E-state index in [1.165, 1.54) is 31.9 Å². The molecule has 0 unspecified atom stereocenters. The number of nitrogens with one attached hydrogen (secondary N) is 2. The van der Waals surface area contributed by atoms with Crippen molar-refractivity contribution in [1.29, 1.82) is 0 Å². The van der Waals surface area contributed by atoms with Crippen LogP contribution in [0.3, 0.4) is 0 Å². The molecule has 3 rings (SSSR count). The van der Waals surface area contributed by atoms with Gasteiger partial charge in [-0.05, 0) is 88.1 Å². The van der Waals surface area contributed by atoms with Crippen LogP contribution in [0.2, 0.25) is 0 Å². The minimum absolute atomic E-state index is 0.0117. The molecule has 1 saturated carbocycles. The summed E-state index contributed by atoms with van der Waals surface area (Å²) in [4.78, 5) is 24.1. The van der Waals surface area contributed by atoms with Crippen molar-refractivity contribution in [2.24, 2.45) is 11.8 Å². The monoisotopic (exact) mass is 372 g/mol. The van der Waals surface area contributed by atoms with E-state index in [1.54, 1.807) is 0 Å². The fraction of sp³-hybridized carbons (Fsp3) is 0.636. The van der Waals surface area contributed by atoms with Crippen LogP contribution in [-0.4, -0.2) is 38.1 Å². The first-order valence-electron chi connectivity index (χ1n) is 10.3. The minimum Gasteiger partial charge on any atom is -0.469 e. The van der Waals surface area contributed by atoms with Gasteiger partial charge in [-0.15, -0.1) is 0 Å². The molecule has 148 valence electrons. The molecule has 0 atom stereocenters. The second-order valence-electron chi connectivity index (χ2n) is 7.97. The van der Waals surface area contributed by atoms with E-state index in [2.05, 4.69) is 22.8 Å². The fourth-order valence-electron chi connectivity index (χ4n) is 4.27. The number of hydrogen-bond donors (Lipinski definition) is 2. The van der Waals surface area contributed by atoms with E-state index < -0.39 is 0 Å². The molecule has 1 aliphatic carbocycles. The van der Waals surface area contributed by atoms with Crippen LogP contribution >= 0.6 is 0 Å². The predicted molar refractivity (Wildman–Crippen MR) is 106 cm³/mol. The molecule has 1 heterocycles. The number of rotatable bonds is 6. The lowest BCUT2D eigenvalue weighted by atomic mass is 9.86. The largest absolute Gasteiger partial charge is 0.469 e. The minimum atomic E-state index is -0.125. The first kappa shape index (κ1) is 19.9. The topological polar surface area (TPSA) is 67.4 Å². The Kier molecular flexibility index (Phi) is 7.27. The first-order chi connectivity index (χ1) is 13.2. The zero-order chi connectivity index (χ0) is 19.1. The van der Waals surface area contributed by atoms with Crippen LogP contribution in [-0.2, 0) is 16.0 Å². The summed E-state index contributed by atoms with van der Waals surface area (Å²) in [6, 6.07) is 8.20. The quantitative estimate of drug-likeness (QED) is 0.753. The Morgan fingerprint density at radius 3 is 2.33 bits per heavy atom. The normalized spacial score (nSPS) is 23.6. The first-order valence-corrected chi connectivity index (χ1v) is 10.3. The molecule has 5 nitrogen and oxygen atoms in total. The summed E-state index contributed by atoms with van der Waals surface area (Å²) >= 11 is 0. The van der Waals surface area contributed by atoms with Crippen molar-refractivity contribution in [2.75, 3.05) is 20.2 Å². The third-order valence-electron chi connectivity index (χ3n) is 6.11. The van der Waals surface area contributed by atoms with Crippen LogP contribution < -0.4 is 10.6 Å². The van der Waals surface area contributed by atoms with Gasteiger partial charge in [-0.1, -0.05) is 12.1 Å². The van der Waals surface area contributed by atoms with Gasteiger partial charge < -0.3 is 15.4 Å². The van der Waals surface area contributed by atoms with E-state index in [0.29, 0.717) is 0 Å². The third kappa shape index (κ3) is 5.80. The number of methoxy groups -OCH3 is 1. The molecule has 1 aromatic rings. The van der Waals surface area contributed by atoms with Gasteiger partial charge in [0, 0.05) is 11.6 Å². The van der Waals surface area contributed by atoms with Gasteiger partial charge in [-0.25, -0.2) is 0 Å². The molecule has 0 aromatic heterocycles. The molecule has 2 N–H and O–H groups in total. The van der Waals surface area contributed by atoms with Gasteiger partial charge in [0.25, 0.3) is 5.91 Å². The highest BCUT2D eigenvalue weighted by molar-refractivity contribution is 5.94. The molecule has 0 spiro atoms. The standard InChI is InChI=1S/C22H32N2O3/c1-27-22(26)19-8-10-20(11-9-19)24-21(25)18-6-4-16(5-7-18)2-3-17-12-14-23-15-13-17/h4-7,17,19-20,23H,2-3,8-15H2,1H3,(H,24,25). The Morgan fingerprint density at radius 1 is 1.04 bits per heavy atom. The van der Waals surface area contributed by atoms with Crippen molar-refractivity contribution in [2.45, 2.75) is 57.4 Å². The Bertz CT molecular complexity index is 615. The van der Waals surface area contributed by atoms with Crippen LogP contribution in [0, 0.1) is 11.8 Å². The van der Waals surface area contributed by atoms with E-state index in [-0.39, 0.29) is 23.8 Å². The van der Waals surface area contributed by atoms with Crippen molar-refractivity contribution in [3.8, 4) is 0 Å². The second kappa shape index (κ2) is 9.88. The van der Waals surface area contributed by atoms with E-state index in [1.807, 2.05) is 12.1 Å². The summed E-state index contributed by atoms with van der Waals surface area (Å²) in [7, 11) is 1.44. The van der Waals surface area contributed by atoms with Gasteiger partial charge in [-0.3, -0.25) is 9.59 Å².